The third-order valence-corrected chi connectivity index (χ3v) is 4.63. The summed E-state index contributed by atoms with van der Waals surface area (Å²) in [6.45, 7) is 0.591. The molecule has 0 aromatic rings. The van der Waals surface area contributed by atoms with Crippen molar-refractivity contribution in [2.75, 3.05) is 27.4 Å². The molecule has 0 saturated carbocycles. The van der Waals surface area contributed by atoms with Crippen LogP contribution in [0, 0.1) is 0 Å². The molecule has 2 atom stereocenters. The largest absolute Gasteiger partial charge is 0.698 e. The zero-order valence-electron chi connectivity index (χ0n) is 16.2. The second-order valence-electron chi connectivity index (χ2n) is 6.20. The number of ketones is 2. The van der Waals surface area contributed by atoms with Gasteiger partial charge in [0.25, 0.3) is 0 Å². The fourth-order valence-electron chi connectivity index (χ4n) is 1.75. The number of halogens is 4. The lowest BCUT2D eigenvalue weighted by atomic mass is 10.1. The second-order valence-corrected chi connectivity index (χ2v) is 7.16. The summed E-state index contributed by atoms with van der Waals surface area (Å²) in [5, 5.41) is 0. The third kappa shape index (κ3) is 10.5. The van der Waals surface area contributed by atoms with Gasteiger partial charge in [-0.25, -0.2) is 0 Å². The van der Waals surface area contributed by atoms with E-state index in [4.69, 9.17) is 9.47 Å². The Hall–Kier alpha value is -1.00. The molecule has 12 heteroatoms. The van der Waals surface area contributed by atoms with Gasteiger partial charge in [0.1, 0.15) is 0 Å². The lowest BCUT2D eigenvalue weighted by Gasteiger charge is -2.16. The van der Waals surface area contributed by atoms with Crippen molar-refractivity contribution in [2.45, 2.75) is 63.6 Å². The Bertz CT molecular complexity index is 487. The van der Waals surface area contributed by atoms with Crippen LogP contribution in [0.25, 0.3) is 0 Å². The van der Waals surface area contributed by atoms with E-state index >= 15 is 0 Å². The summed E-state index contributed by atoms with van der Waals surface area (Å²) in [5.41, 5.74) is 0. The molecule has 0 bridgehead atoms. The fraction of sp³-hybridized carbons (Fsp3) is 0.875. The van der Waals surface area contributed by atoms with E-state index in [0.717, 1.165) is 0 Å². The molecule has 0 radical (unpaired) electrons. The lowest BCUT2D eigenvalue weighted by Crippen LogP contribution is -2.33. The molecule has 0 N–H and O–H groups in total. The maximum atomic E-state index is 13.6. The monoisotopic (exact) mass is 437 g/mol. The van der Waals surface area contributed by atoms with Gasteiger partial charge in [-0.2, -0.15) is 17.6 Å². The van der Waals surface area contributed by atoms with Crippen LogP contribution >= 0.6 is 8.25 Å². The highest BCUT2D eigenvalue weighted by Crippen LogP contribution is 2.30. The standard InChI is InChI=1S/C16H26F4O7P/c1-11(24-3)5-7-15(17,18)13(21)9-26-28(23)27-10-14(22)16(19,20)8-6-12(2)25-4/h11-12H,5-10H2,1-4H3/q+1. The minimum absolute atomic E-state index is 0.0941. The van der Waals surface area contributed by atoms with Crippen LogP contribution in [-0.2, 0) is 32.7 Å². The molecule has 0 rings (SSSR count). The smallest absolute Gasteiger partial charge is 0.382 e. The van der Waals surface area contributed by atoms with Gasteiger partial charge in [0, 0.05) is 31.6 Å². The molecular formula is C16H26F4O7P+. The summed E-state index contributed by atoms with van der Waals surface area (Å²) in [7, 11) is -0.533. The van der Waals surface area contributed by atoms with Crippen molar-refractivity contribution in [1.29, 1.82) is 0 Å². The van der Waals surface area contributed by atoms with Crippen LogP contribution in [0.5, 0.6) is 0 Å². The highest BCUT2D eigenvalue weighted by molar-refractivity contribution is 7.33. The van der Waals surface area contributed by atoms with E-state index in [9.17, 15) is 31.7 Å². The van der Waals surface area contributed by atoms with Gasteiger partial charge in [0.05, 0.1) is 12.2 Å². The van der Waals surface area contributed by atoms with Crippen molar-refractivity contribution in [1.82, 2.24) is 0 Å². The summed E-state index contributed by atoms with van der Waals surface area (Å²) >= 11 is 0. The van der Waals surface area contributed by atoms with Crippen molar-refractivity contribution >= 4 is 19.8 Å². The number of hydrogen-bond acceptors (Lipinski definition) is 7. The zero-order chi connectivity index (χ0) is 22.0. The molecule has 0 aromatic carbocycles. The van der Waals surface area contributed by atoms with E-state index in [1.807, 2.05) is 0 Å². The number of carbonyl (C=O) groups is 2. The molecule has 0 aliphatic heterocycles. The molecule has 28 heavy (non-hydrogen) atoms. The van der Waals surface area contributed by atoms with E-state index in [2.05, 4.69) is 9.05 Å². The molecule has 0 fully saturated rings. The normalized spacial score (nSPS) is 15.2. The lowest BCUT2D eigenvalue weighted by molar-refractivity contribution is -0.148. The summed E-state index contributed by atoms with van der Waals surface area (Å²) in [6.07, 6.45) is -2.76. The van der Waals surface area contributed by atoms with Crippen LogP contribution in [0.4, 0.5) is 17.6 Å². The van der Waals surface area contributed by atoms with Crippen LogP contribution in [0.2, 0.25) is 0 Å². The Morgan fingerprint density at radius 2 is 1.14 bits per heavy atom. The highest BCUT2D eigenvalue weighted by Gasteiger charge is 2.42. The number of ether oxygens (including phenoxy) is 2. The van der Waals surface area contributed by atoms with Gasteiger partial charge in [0.15, 0.2) is 13.2 Å². The van der Waals surface area contributed by atoms with Crippen LogP contribution < -0.4 is 0 Å². The van der Waals surface area contributed by atoms with E-state index in [-0.39, 0.29) is 12.8 Å². The molecule has 0 amide bonds. The van der Waals surface area contributed by atoms with Crippen LogP contribution in [-0.4, -0.2) is 63.1 Å². The minimum atomic E-state index is -3.73. The number of Topliss-reactive ketones (excluding diaryl/α,β-unsaturated/α-hetero) is 2. The first kappa shape index (κ1) is 27.0. The Morgan fingerprint density at radius 3 is 1.43 bits per heavy atom. The second kappa shape index (κ2) is 12.5. The van der Waals surface area contributed by atoms with Crippen LogP contribution in [0.3, 0.4) is 0 Å². The maximum Gasteiger partial charge on any atom is 0.698 e. The van der Waals surface area contributed by atoms with Crippen molar-refractivity contribution in [3.05, 3.63) is 0 Å². The quantitative estimate of drug-likeness (QED) is 0.269. The average Bonchev–Trinajstić information content (AvgIpc) is 2.65. The number of methoxy groups -OCH3 is 2. The molecule has 7 nitrogen and oxygen atoms in total. The van der Waals surface area contributed by atoms with Crippen LogP contribution in [0.1, 0.15) is 39.5 Å². The van der Waals surface area contributed by atoms with Gasteiger partial charge in [0.2, 0.25) is 11.6 Å². The Balaban J connectivity index is 4.33. The molecule has 0 aromatic heterocycles. The molecule has 0 aliphatic rings. The zero-order valence-corrected chi connectivity index (χ0v) is 17.1. The van der Waals surface area contributed by atoms with Crippen molar-refractivity contribution in [3.8, 4) is 0 Å². The van der Waals surface area contributed by atoms with Crippen molar-refractivity contribution in [2.24, 2.45) is 0 Å². The Morgan fingerprint density at radius 1 is 0.821 bits per heavy atom. The first-order valence-corrected chi connectivity index (χ1v) is 9.56. The highest BCUT2D eigenvalue weighted by atomic mass is 31.1. The van der Waals surface area contributed by atoms with Gasteiger partial charge in [-0.05, 0) is 26.7 Å². The average molecular weight is 437 g/mol. The summed E-state index contributed by atoms with van der Waals surface area (Å²) in [5.74, 6) is -10.8. The number of rotatable bonds is 16. The molecule has 0 spiro atoms. The van der Waals surface area contributed by atoms with E-state index in [0.29, 0.717) is 0 Å². The third-order valence-electron chi connectivity index (χ3n) is 3.95. The summed E-state index contributed by atoms with van der Waals surface area (Å²) in [4.78, 5) is 22.9. The Kier molecular flexibility index (Phi) is 12.1. The molecule has 0 saturated heterocycles. The molecule has 2 unspecified atom stereocenters. The molecule has 164 valence electrons. The van der Waals surface area contributed by atoms with Gasteiger partial charge in [-0.15, -0.1) is 9.05 Å². The predicted octanol–water partition coefficient (Wildman–Crippen LogP) is 3.72. The number of carbonyl (C=O) groups excluding carboxylic acids is 2. The summed E-state index contributed by atoms with van der Waals surface area (Å²) < 4.78 is 84.1. The van der Waals surface area contributed by atoms with Gasteiger partial charge < -0.3 is 9.47 Å². The number of alkyl halides is 4. The molecule has 0 heterocycles. The molecular weight excluding hydrogens is 411 g/mol. The Labute approximate surface area is 162 Å². The van der Waals surface area contributed by atoms with E-state index in [1.54, 1.807) is 13.8 Å². The topological polar surface area (TPSA) is 88.1 Å². The van der Waals surface area contributed by atoms with Crippen molar-refractivity contribution < 1.29 is 50.2 Å². The molecule has 0 aliphatic carbocycles. The SMILES string of the molecule is COC(C)CCC(F)(F)C(=O)CO[P+](=O)OCC(=O)C(F)(F)CCC(C)OC. The van der Waals surface area contributed by atoms with Crippen LogP contribution in [0.15, 0.2) is 0 Å². The predicted molar refractivity (Wildman–Crippen MR) is 90.8 cm³/mol. The first-order valence-electron chi connectivity index (χ1n) is 8.46. The van der Waals surface area contributed by atoms with Crippen molar-refractivity contribution in [3.63, 3.8) is 0 Å². The van der Waals surface area contributed by atoms with Gasteiger partial charge >= 0.3 is 20.1 Å². The maximum absolute atomic E-state index is 13.6. The summed E-state index contributed by atoms with van der Waals surface area (Å²) in [6, 6.07) is 0. The van der Waals surface area contributed by atoms with E-state index in [1.165, 1.54) is 14.2 Å². The number of hydrogen-bond donors (Lipinski definition) is 0. The van der Waals surface area contributed by atoms with E-state index < -0.39 is 69.9 Å². The minimum Gasteiger partial charge on any atom is -0.382 e. The first-order chi connectivity index (χ1) is 12.9. The van der Waals surface area contributed by atoms with Gasteiger partial charge in [-0.1, -0.05) is 0 Å². The van der Waals surface area contributed by atoms with Gasteiger partial charge in [-0.3, -0.25) is 9.59 Å². The fourth-order valence-corrected chi connectivity index (χ4v) is 2.27.